The summed E-state index contributed by atoms with van der Waals surface area (Å²) in [5.41, 5.74) is 3.12. The Balaban J connectivity index is 2.27. The van der Waals surface area contributed by atoms with Crippen LogP contribution in [0.4, 0.5) is 10.2 Å². The highest BCUT2D eigenvalue weighted by Crippen LogP contribution is 2.25. The number of hydrogen-bond donors (Lipinski definition) is 2. The number of nitrogens with two attached hydrogens (primary N) is 1. The normalized spacial score (nSPS) is 10.1. The second-order valence-corrected chi connectivity index (χ2v) is 3.35. The van der Waals surface area contributed by atoms with Crippen LogP contribution in [0, 0.1) is 12.7 Å². The van der Waals surface area contributed by atoms with Crippen LogP contribution in [0.2, 0.25) is 0 Å². The Labute approximate surface area is 97.4 Å². The van der Waals surface area contributed by atoms with Gasteiger partial charge in [0, 0.05) is 0 Å². The molecule has 0 aliphatic heterocycles. The molecule has 0 fully saturated rings. The number of ether oxygens (including phenoxy) is 1. The molecule has 0 atom stereocenters. The molecule has 2 aromatic rings. The molecule has 17 heavy (non-hydrogen) atoms. The van der Waals surface area contributed by atoms with E-state index in [1.54, 1.807) is 6.92 Å². The van der Waals surface area contributed by atoms with Gasteiger partial charge in [0.1, 0.15) is 23.7 Å². The first-order valence-electron chi connectivity index (χ1n) is 4.92. The maximum atomic E-state index is 12.7. The zero-order valence-electron chi connectivity index (χ0n) is 9.14. The Hall–Kier alpha value is -2.21. The first kappa shape index (κ1) is 11.3. The van der Waals surface area contributed by atoms with Crippen molar-refractivity contribution < 1.29 is 9.13 Å². The SMILES string of the molecule is Cc1c(NN)ncnc1Oc1ccc(F)cc1. The third-order valence-corrected chi connectivity index (χ3v) is 2.20. The summed E-state index contributed by atoms with van der Waals surface area (Å²) >= 11 is 0. The van der Waals surface area contributed by atoms with Crippen molar-refractivity contribution in [3.05, 3.63) is 42.0 Å². The average molecular weight is 234 g/mol. The van der Waals surface area contributed by atoms with Gasteiger partial charge in [-0.15, -0.1) is 0 Å². The van der Waals surface area contributed by atoms with Gasteiger partial charge in [0.05, 0.1) is 5.56 Å². The number of benzene rings is 1. The third-order valence-electron chi connectivity index (χ3n) is 2.20. The van der Waals surface area contributed by atoms with Crippen LogP contribution in [0.1, 0.15) is 5.56 Å². The number of nitrogens with one attached hydrogen (secondary N) is 1. The van der Waals surface area contributed by atoms with Crippen LogP contribution in [0.25, 0.3) is 0 Å². The zero-order chi connectivity index (χ0) is 12.3. The topological polar surface area (TPSA) is 73.1 Å². The van der Waals surface area contributed by atoms with Crippen LogP contribution in [0.15, 0.2) is 30.6 Å². The summed E-state index contributed by atoms with van der Waals surface area (Å²) in [6.07, 6.45) is 1.33. The summed E-state index contributed by atoms with van der Waals surface area (Å²) in [6, 6.07) is 5.67. The number of hydrogen-bond acceptors (Lipinski definition) is 5. The lowest BCUT2D eigenvalue weighted by atomic mass is 10.3. The van der Waals surface area contributed by atoms with Crippen LogP contribution < -0.4 is 16.0 Å². The van der Waals surface area contributed by atoms with E-state index in [0.717, 1.165) is 0 Å². The highest BCUT2D eigenvalue weighted by molar-refractivity contribution is 5.47. The van der Waals surface area contributed by atoms with Crippen LogP contribution in [-0.4, -0.2) is 9.97 Å². The minimum atomic E-state index is -0.318. The van der Waals surface area contributed by atoms with E-state index in [1.807, 2.05) is 0 Å². The van der Waals surface area contributed by atoms with Crippen LogP contribution in [-0.2, 0) is 0 Å². The highest BCUT2D eigenvalue weighted by atomic mass is 19.1. The van der Waals surface area contributed by atoms with Crippen molar-refractivity contribution in [1.29, 1.82) is 0 Å². The van der Waals surface area contributed by atoms with E-state index >= 15 is 0 Å². The Morgan fingerprint density at radius 2 is 1.94 bits per heavy atom. The second kappa shape index (κ2) is 4.75. The van der Waals surface area contributed by atoms with E-state index in [-0.39, 0.29) is 5.82 Å². The van der Waals surface area contributed by atoms with Gasteiger partial charge in [0.2, 0.25) is 5.88 Å². The van der Waals surface area contributed by atoms with Crippen molar-refractivity contribution in [1.82, 2.24) is 9.97 Å². The minimum absolute atomic E-state index is 0.318. The lowest BCUT2D eigenvalue weighted by molar-refractivity contribution is 0.456. The van der Waals surface area contributed by atoms with Crippen molar-refractivity contribution in [2.24, 2.45) is 5.84 Å². The van der Waals surface area contributed by atoms with Gasteiger partial charge in [-0.25, -0.2) is 20.2 Å². The monoisotopic (exact) mass is 234 g/mol. The molecule has 0 radical (unpaired) electrons. The number of halogens is 1. The number of nitrogens with zero attached hydrogens (tertiary/aromatic N) is 2. The highest BCUT2D eigenvalue weighted by Gasteiger charge is 2.08. The fraction of sp³-hybridized carbons (Fsp3) is 0.0909. The molecule has 2 rings (SSSR count). The first-order valence-corrected chi connectivity index (χ1v) is 4.92. The van der Waals surface area contributed by atoms with E-state index in [0.29, 0.717) is 23.0 Å². The molecule has 0 spiro atoms. The lowest BCUT2D eigenvalue weighted by Crippen LogP contribution is -2.10. The molecule has 1 aromatic carbocycles. The molecular formula is C11H11FN4O. The summed E-state index contributed by atoms with van der Waals surface area (Å²) in [5.74, 6) is 6.32. The van der Waals surface area contributed by atoms with Crippen LogP contribution >= 0.6 is 0 Å². The Kier molecular flexibility index (Phi) is 3.15. The van der Waals surface area contributed by atoms with Gasteiger partial charge >= 0.3 is 0 Å². The van der Waals surface area contributed by atoms with Crippen molar-refractivity contribution in [3.8, 4) is 11.6 Å². The van der Waals surface area contributed by atoms with Gasteiger partial charge in [0.25, 0.3) is 0 Å². The molecule has 3 N–H and O–H groups in total. The van der Waals surface area contributed by atoms with E-state index in [4.69, 9.17) is 10.6 Å². The molecule has 0 aliphatic carbocycles. The number of aromatic nitrogens is 2. The molecule has 1 aromatic heterocycles. The minimum Gasteiger partial charge on any atom is -0.439 e. The second-order valence-electron chi connectivity index (χ2n) is 3.35. The van der Waals surface area contributed by atoms with Gasteiger partial charge in [-0.1, -0.05) is 0 Å². The van der Waals surface area contributed by atoms with Gasteiger partial charge in [-0.3, -0.25) is 0 Å². The summed E-state index contributed by atoms with van der Waals surface area (Å²) in [4.78, 5) is 7.91. The smallest absolute Gasteiger partial charge is 0.227 e. The summed E-state index contributed by atoms with van der Waals surface area (Å²) < 4.78 is 18.2. The predicted octanol–water partition coefficient (Wildman–Crippen LogP) is 2.00. The lowest BCUT2D eigenvalue weighted by Gasteiger charge is -2.09. The molecule has 0 bridgehead atoms. The van der Waals surface area contributed by atoms with E-state index in [2.05, 4.69) is 15.4 Å². The van der Waals surface area contributed by atoms with Crippen molar-refractivity contribution >= 4 is 5.82 Å². The van der Waals surface area contributed by atoms with Gasteiger partial charge in [-0.2, -0.15) is 0 Å². The van der Waals surface area contributed by atoms with Crippen LogP contribution in [0.3, 0.4) is 0 Å². The molecule has 5 nitrogen and oxygen atoms in total. The summed E-state index contributed by atoms with van der Waals surface area (Å²) in [7, 11) is 0. The van der Waals surface area contributed by atoms with Crippen molar-refractivity contribution in [3.63, 3.8) is 0 Å². The Bertz CT molecular complexity index is 515. The third kappa shape index (κ3) is 2.48. The number of rotatable bonds is 3. The largest absolute Gasteiger partial charge is 0.439 e. The fourth-order valence-corrected chi connectivity index (χ4v) is 1.30. The molecule has 88 valence electrons. The van der Waals surface area contributed by atoms with E-state index in [9.17, 15) is 4.39 Å². The van der Waals surface area contributed by atoms with Crippen molar-refractivity contribution in [2.45, 2.75) is 6.92 Å². The maximum Gasteiger partial charge on any atom is 0.227 e. The Morgan fingerprint density at radius 1 is 1.24 bits per heavy atom. The quantitative estimate of drug-likeness (QED) is 0.627. The zero-order valence-corrected chi connectivity index (χ0v) is 9.14. The molecule has 0 aliphatic rings. The predicted molar refractivity (Wildman–Crippen MR) is 61.1 cm³/mol. The molecule has 0 saturated heterocycles. The maximum absolute atomic E-state index is 12.7. The van der Waals surface area contributed by atoms with Crippen LogP contribution in [0.5, 0.6) is 11.6 Å². The van der Waals surface area contributed by atoms with Gasteiger partial charge in [0.15, 0.2) is 0 Å². The van der Waals surface area contributed by atoms with E-state index < -0.39 is 0 Å². The molecule has 1 heterocycles. The first-order chi connectivity index (χ1) is 8.20. The van der Waals surface area contributed by atoms with Gasteiger partial charge < -0.3 is 10.2 Å². The number of anilines is 1. The number of nitrogen functional groups attached to an aromatic ring is 1. The Morgan fingerprint density at radius 3 is 2.59 bits per heavy atom. The fourth-order valence-electron chi connectivity index (χ4n) is 1.30. The average Bonchev–Trinajstić information content (AvgIpc) is 2.35. The standard InChI is InChI=1S/C11H11FN4O/c1-7-10(16-13)14-6-15-11(7)17-9-4-2-8(12)3-5-9/h2-6H,13H2,1H3,(H,14,15,16). The summed E-state index contributed by atoms with van der Waals surface area (Å²) in [5, 5.41) is 0. The molecule has 0 unspecified atom stereocenters. The van der Waals surface area contributed by atoms with Gasteiger partial charge in [-0.05, 0) is 31.2 Å². The number of hydrazine groups is 1. The molecular weight excluding hydrogens is 223 g/mol. The molecule has 6 heteroatoms. The summed E-state index contributed by atoms with van der Waals surface area (Å²) in [6.45, 7) is 1.77. The molecule has 0 amide bonds. The van der Waals surface area contributed by atoms with E-state index in [1.165, 1.54) is 30.6 Å². The van der Waals surface area contributed by atoms with Crippen molar-refractivity contribution in [2.75, 3.05) is 5.43 Å². The molecule has 0 saturated carbocycles.